The lowest BCUT2D eigenvalue weighted by molar-refractivity contribution is 0.564. The third kappa shape index (κ3) is 2.98. The summed E-state index contributed by atoms with van der Waals surface area (Å²) in [6.07, 6.45) is 3.34. The molecule has 0 radical (unpaired) electrons. The standard InChI is InChI=1S/C12H17N5O/c1-8(2)12-15-10(5-11(16-12)17-13)14-6-9-3-4-18-7-9/h3-5,7-8H,6,13H2,1-2H3,(H2,14,15,16,17). The van der Waals surface area contributed by atoms with Crippen molar-refractivity contribution >= 4 is 11.6 Å². The SMILES string of the molecule is CC(C)c1nc(NN)cc(NCc2ccoc2)n1. The molecule has 2 aromatic heterocycles. The van der Waals surface area contributed by atoms with E-state index in [9.17, 15) is 0 Å². The molecule has 0 amide bonds. The molecule has 0 aliphatic carbocycles. The second kappa shape index (κ2) is 5.50. The van der Waals surface area contributed by atoms with Crippen molar-refractivity contribution in [2.45, 2.75) is 26.3 Å². The van der Waals surface area contributed by atoms with Crippen molar-refractivity contribution in [3.8, 4) is 0 Å². The summed E-state index contributed by atoms with van der Waals surface area (Å²) >= 11 is 0. The Morgan fingerprint density at radius 3 is 2.72 bits per heavy atom. The number of hydrogen-bond acceptors (Lipinski definition) is 6. The molecular formula is C12H17N5O. The van der Waals surface area contributed by atoms with E-state index in [-0.39, 0.29) is 5.92 Å². The number of furan rings is 1. The van der Waals surface area contributed by atoms with Crippen molar-refractivity contribution in [3.05, 3.63) is 36.0 Å². The van der Waals surface area contributed by atoms with Crippen LogP contribution in [-0.2, 0) is 6.54 Å². The molecule has 2 rings (SSSR count). The first-order chi connectivity index (χ1) is 8.69. The highest BCUT2D eigenvalue weighted by molar-refractivity contribution is 5.47. The van der Waals surface area contributed by atoms with Crippen LogP contribution in [-0.4, -0.2) is 9.97 Å². The largest absolute Gasteiger partial charge is 0.472 e. The Labute approximate surface area is 106 Å². The number of nitrogens with one attached hydrogen (secondary N) is 2. The number of rotatable bonds is 5. The molecule has 0 spiro atoms. The smallest absolute Gasteiger partial charge is 0.145 e. The van der Waals surface area contributed by atoms with Crippen LogP contribution in [0.15, 0.2) is 29.1 Å². The van der Waals surface area contributed by atoms with Crippen molar-refractivity contribution in [2.24, 2.45) is 5.84 Å². The molecule has 0 saturated heterocycles. The molecule has 0 aliphatic rings. The topological polar surface area (TPSA) is 89.0 Å². The van der Waals surface area contributed by atoms with Crippen LogP contribution in [0.4, 0.5) is 11.6 Å². The van der Waals surface area contributed by atoms with Gasteiger partial charge in [0.1, 0.15) is 17.5 Å². The van der Waals surface area contributed by atoms with E-state index in [2.05, 4.69) is 20.7 Å². The molecule has 0 fully saturated rings. The number of hydrogen-bond donors (Lipinski definition) is 3. The number of nitrogen functional groups attached to an aromatic ring is 1. The highest BCUT2D eigenvalue weighted by atomic mass is 16.3. The van der Waals surface area contributed by atoms with E-state index in [1.165, 1.54) is 0 Å². The van der Waals surface area contributed by atoms with Gasteiger partial charge in [0.25, 0.3) is 0 Å². The Morgan fingerprint density at radius 2 is 2.11 bits per heavy atom. The average molecular weight is 247 g/mol. The highest BCUT2D eigenvalue weighted by Gasteiger charge is 2.07. The maximum absolute atomic E-state index is 5.40. The fourth-order valence-corrected chi connectivity index (χ4v) is 1.47. The van der Waals surface area contributed by atoms with Crippen molar-refractivity contribution in [3.63, 3.8) is 0 Å². The number of nitrogens with zero attached hydrogens (tertiary/aromatic N) is 2. The van der Waals surface area contributed by atoms with E-state index in [4.69, 9.17) is 10.3 Å². The lowest BCUT2D eigenvalue weighted by atomic mass is 10.2. The number of nitrogens with two attached hydrogens (primary N) is 1. The van der Waals surface area contributed by atoms with Gasteiger partial charge < -0.3 is 15.2 Å². The summed E-state index contributed by atoms with van der Waals surface area (Å²) in [6, 6.07) is 3.67. The zero-order valence-electron chi connectivity index (χ0n) is 10.5. The molecular weight excluding hydrogens is 230 g/mol. The molecule has 18 heavy (non-hydrogen) atoms. The zero-order valence-corrected chi connectivity index (χ0v) is 10.5. The lowest BCUT2D eigenvalue weighted by Crippen LogP contribution is -2.12. The summed E-state index contributed by atoms with van der Waals surface area (Å²) in [7, 11) is 0. The lowest BCUT2D eigenvalue weighted by Gasteiger charge is -2.10. The van der Waals surface area contributed by atoms with Gasteiger partial charge in [-0.05, 0) is 6.07 Å². The van der Waals surface area contributed by atoms with E-state index < -0.39 is 0 Å². The molecule has 96 valence electrons. The minimum absolute atomic E-state index is 0.243. The molecule has 4 N–H and O–H groups in total. The Bertz CT molecular complexity index is 495. The van der Waals surface area contributed by atoms with Crippen molar-refractivity contribution in [1.29, 1.82) is 0 Å². The van der Waals surface area contributed by atoms with Crippen LogP contribution >= 0.6 is 0 Å². The summed E-state index contributed by atoms with van der Waals surface area (Å²) in [5.41, 5.74) is 3.60. The van der Waals surface area contributed by atoms with Gasteiger partial charge in [-0.2, -0.15) is 0 Å². The molecule has 0 saturated carbocycles. The Kier molecular flexibility index (Phi) is 3.78. The summed E-state index contributed by atoms with van der Waals surface area (Å²) < 4.78 is 5.00. The Balaban J connectivity index is 2.13. The van der Waals surface area contributed by atoms with Gasteiger partial charge in [0, 0.05) is 24.1 Å². The Hall–Kier alpha value is -2.08. The van der Waals surface area contributed by atoms with E-state index in [0.29, 0.717) is 12.4 Å². The third-order valence-electron chi connectivity index (χ3n) is 2.46. The first-order valence-electron chi connectivity index (χ1n) is 5.79. The van der Waals surface area contributed by atoms with Crippen molar-refractivity contribution in [1.82, 2.24) is 9.97 Å². The second-order valence-corrected chi connectivity index (χ2v) is 4.28. The molecule has 2 heterocycles. The maximum atomic E-state index is 5.40. The van der Waals surface area contributed by atoms with Crippen LogP contribution in [0.5, 0.6) is 0 Å². The average Bonchev–Trinajstić information content (AvgIpc) is 2.89. The second-order valence-electron chi connectivity index (χ2n) is 4.28. The third-order valence-corrected chi connectivity index (χ3v) is 2.46. The number of anilines is 2. The quantitative estimate of drug-likeness (QED) is 0.554. The fourth-order valence-electron chi connectivity index (χ4n) is 1.47. The van der Waals surface area contributed by atoms with Gasteiger partial charge in [-0.1, -0.05) is 13.8 Å². The first kappa shape index (κ1) is 12.4. The minimum Gasteiger partial charge on any atom is -0.472 e. The highest BCUT2D eigenvalue weighted by Crippen LogP contribution is 2.17. The van der Waals surface area contributed by atoms with E-state index in [1.807, 2.05) is 19.9 Å². The normalized spacial score (nSPS) is 10.7. The van der Waals surface area contributed by atoms with Crippen LogP contribution in [0.3, 0.4) is 0 Å². The van der Waals surface area contributed by atoms with Crippen LogP contribution in [0.2, 0.25) is 0 Å². The molecule has 0 atom stereocenters. The van der Waals surface area contributed by atoms with Gasteiger partial charge in [0.15, 0.2) is 0 Å². The Morgan fingerprint density at radius 1 is 1.33 bits per heavy atom. The molecule has 0 unspecified atom stereocenters. The molecule has 6 nitrogen and oxygen atoms in total. The van der Waals surface area contributed by atoms with Gasteiger partial charge in [-0.15, -0.1) is 0 Å². The number of hydrazine groups is 1. The van der Waals surface area contributed by atoms with E-state index in [0.717, 1.165) is 17.2 Å². The van der Waals surface area contributed by atoms with Gasteiger partial charge >= 0.3 is 0 Å². The predicted octanol–water partition coefficient (Wildman–Crippen LogP) is 2.09. The van der Waals surface area contributed by atoms with Crippen LogP contribution in [0, 0.1) is 0 Å². The first-order valence-corrected chi connectivity index (χ1v) is 5.79. The zero-order chi connectivity index (χ0) is 13.0. The molecule has 2 aromatic rings. The van der Waals surface area contributed by atoms with Crippen LogP contribution < -0.4 is 16.6 Å². The summed E-state index contributed by atoms with van der Waals surface area (Å²) in [5.74, 6) is 7.73. The molecule has 6 heteroatoms. The molecule has 0 aromatic carbocycles. The number of aromatic nitrogens is 2. The van der Waals surface area contributed by atoms with E-state index >= 15 is 0 Å². The van der Waals surface area contributed by atoms with Crippen LogP contribution in [0.25, 0.3) is 0 Å². The maximum Gasteiger partial charge on any atom is 0.145 e. The van der Waals surface area contributed by atoms with Gasteiger partial charge in [0.2, 0.25) is 0 Å². The van der Waals surface area contributed by atoms with Crippen molar-refractivity contribution < 1.29 is 4.42 Å². The summed E-state index contributed by atoms with van der Waals surface area (Å²) in [6.45, 7) is 4.72. The monoisotopic (exact) mass is 247 g/mol. The fraction of sp³-hybridized carbons (Fsp3) is 0.333. The van der Waals surface area contributed by atoms with Gasteiger partial charge in [-0.25, -0.2) is 15.8 Å². The minimum atomic E-state index is 0.243. The van der Waals surface area contributed by atoms with Crippen LogP contribution in [0.1, 0.15) is 31.2 Å². The predicted molar refractivity (Wildman–Crippen MR) is 70.0 cm³/mol. The van der Waals surface area contributed by atoms with Gasteiger partial charge in [-0.3, -0.25) is 0 Å². The molecule has 0 bridgehead atoms. The summed E-state index contributed by atoms with van der Waals surface area (Å²) in [4.78, 5) is 8.72. The molecule has 0 aliphatic heterocycles. The van der Waals surface area contributed by atoms with E-state index in [1.54, 1.807) is 18.6 Å². The van der Waals surface area contributed by atoms with Crippen molar-refractivity contribution in [2.75, 3.05) is 10.7 Å². The summed E-state index contributed by atoms with van der Waals surface area (Å²) in [5, 5.41) is 3.21. The van der Waals surface area contributed by atoms with Gasteiger partial charge in [0.05, 0.1) is 12.5 Å².